The second-order valence-electron chi connectivity index (χ2n) is 16.2. The van der Waals surface area contributed by atoms with Gasteiger partial charge < -0.3 is 4.42 Å². The molecule has 0 radical (unpaired) electrons. The predicted molar refractivity (Wildman–Crippen MR) is 226 cm³/mol. The van der Waals surface area contributed by atoms with Gasteiger partial charge in [-0.25, -0.2) is 9.97 Å². The first-order chi connectivity index (χ1) is 26.8. The standard InChI is InChI=1S/C52H38N2O/c1-51(2)42-19-10-8-17-37(42)40-29-45-41(30-44(40)51)39-28-35(25-26-43(39)52(45,3)4)32-23-21-31(22-24-32)34-15-12-16-36(27-34)47-49-48(38-18-9-11-20-46(38)55-49)54-50(53-47)33-13-6-5-7-14-33/h5-30H,1-4H3. The van der Waals surface area contributed by atoms with Gasteiger partial charge in [-0.1, -0.05) is 149 Å². The molecule has 0 saturated heterocycles. The fourth-order valence-corrected chi connectivity index (χ4v) is 9.33. The lowest BCUT2D eigenvalue weighted by Crippen LogP contribution is -2.16. The molecule has 2 aliphatic rings. The van der Waals surface area contributed by atoms with Crippen molar-refractivity contribution in [2.24, 2.45) is 0 Å². The molecule has 0 spiro atoms. The van der Waals surface area contributed by atoms with Crippen LogP contribution in [0.25, 0.3) is 89.2 Å². The minimum Gasteiger partial charge on any atom is -0.452 e. The molecule has 2 aliphatic carbocycles. The number of nitrogens with zero attached hydrogens (tertiary/aromatic N) is 2. The highest BCUT2D eigenvalue weighted by Crippen LogP contribution is 2.56. The summed E-state index contributed by atoms with van der Waals surface area (Å²) in [5, 5.41) is 0.988. The summed E-state index contributed by atoms with van der Waals surface area (Å²) in [5.74, 6) is 0.683. The van der Waals surface area contributed by atoms with Crippen molar-refractivity contribution in [2.45, 2.75) is 38.5 Å². The highest BCUT2D eigenvalue weighted by Gasteiger charge is 2.41. The van der Waals surface area contributed by atoms with Gasteiger partial charge in [0, 0.05) is 27.3 Å². The van der Waals surface area contributed by atoms with Crippen molar-refractivity contribution in [2.75, 3.05) is 0 Å². The van der Waals surface area contributed by atoms with Crippen molar-refractivity contribution in [3.05, 3.63) is 180 Å². The van der Waals surface area contributed by atoms with Crippen molar-refractivity contribution in [1.82, 2.24) is 9.97 Å². The summed E-state index contributed by atoms with van der Waals surface area (Å²) in [5.41, 5.74) is 20.8. The highest BCUT2D eigenvalue weighted by molar-refractivity contribution is 6.07. The third-order valence-corrected chi connectivity index (χ3v) is 12.3. The maximum atomic E-state index is 6.43. The zero-order chi connectivity index (χ0) is 37.1. The minimum absolute atomic E-state index is 0.0334. The number of para-hydroxylation sites is 1. The van der Waals surface area contributed by atoms with Crippen LogP contribution in [0.1, 0.15) is 49.9 Å². The zero-order valence-corrected chi connectivity index (χ0v) is 31.3. The van der Waals surface area contributed by atoms with E-state index in [1.807, 2.05) is 36.4 Å². The van der Waals surface area contributed by atoms with E-state index in [4.69, 9.17) is 14.4 Å². The second kappa shape index (κ2) is 11.5. The lowest BCUT2D eigenvalue weighted by Gasteiger charge is -2.24. The lowest BCUT2D eigenvalue weighted by molar-refractivity contribution is 0.652. The Hall–Kier alpha value is -6.58. The van der Waals surface area contributed by atoms with Gasteiger partial charge >= 0.3 is 0 Å². The van der Waals surface area contributed by atoms with Gasteiger partial charge in [-0.2, -0.15) is 0 Å². The Bertz CT molecular complexity index is 3020. The van der Waals surface area contributed by atoms with Crippen molar-refractivity contribution in [1.29, 1.82) is 0 Å². The van der Waals surface area contributed by atoms with Gasteiger partial charge in [-0.3, -0.25) is 0 Å². The molecule has 0 amide bonds. The Balaban J connectivity index is 0.965. The molecule has 0 fully saturated rings. The number of hydrogen-bond donors (Lipinski definition) is 0. The Kier molecular flexibility index (Phi) is 6.65. The molecule has 2 heterocycles. The fourth-order valence-electron chi connectivity index (χ4n) is 9.33. The van der Waals surface area contributed by atoms with E-state index in [0.29, 0.717) is 11.4 Å². The molecule has 0 N–H and O–H groups in total. The minimum atomic E-state index is -0.0751. The molecule has 7 aromatic carbocycles. The van der Waals surface area contributed by atoms with E-state index in [0.717, 1.165) is 44.4 Å². The van der Waals surface area contributed by atoms with E-state index in [-0.39, 0.29) is 10.8 Å². The normalized spacial score (nSPS) is 14.5. The Labute approximate surface area is 321 Å². The summed E-state index contributed by atoms with van der Waals surface area (Å²) < 4.78 is 6.43. The van der Waals surface area contributed by atoms with E-state index >= 15 is 0 Å². The molecule has 262 valence electrons. The molecule has 55 heavy (non-hydrogen) atoms. The van der Waals surface area contributed by atoms with Crippen LogP contribution < -0.4 is 0 Å². The monoisotopic (exact) mass is 706 g/mol. The molecule has 0 unspecified atom stereocenters. The van der Waals surface area contributed by atoms with Crippen molar-refractivity contribution >= 4 is 22.1 Å². The fraction of sp³-hybridized carbons (Fsp3) is 0.115. The van der Waals surface area contributed by atoms with Crippen LogP contribution in [0.15, 0.2) is 162 Å². The Morgan fingerprint density at radius 3 is 1.73 bits per heavy atom. The average molecular weight is 707 g/mol. The van der Waals surface area contributed by atoms with Gasteiger partial charge in [-0.05, 0) is 103 Å². The summed E-state index contributed by atoms with van der Waals surface area (Å²) in [6.07, 6.45) is 0. The van der Waals surface area contributed by atoms with Crippen LogP contribution >= 0.6 is 0 Å². The summed E-state index contributed by atoms with van der Waals surface area (Å²) >= 11 is 0. The first-order valence-corrected chi connectivity index (χ1v) is 19.2. The summed E-state index contributed by atoms with van der Waals surface area (Å²) in [6, 6.07) is 56.8. The SMILES string of the molecule is CC1(C)c2ccccc2-c2cc3c(cc21)-c1cc(-c2ccc(-c4cccc(-c5nc(-c6ccccc6)nc6c5oc5ccccc56)c4)cc2)ccc1C3(C)C. The molecule has 3 heteroatoms. The Morgan fingerprint density at radius 2 is 0.964 bits per heavy atom. The van der Waals surface area contributed by atoms with Crippen LogP contribution in [0.5, 0.6) is 0 Å². The van der Waals surface area contributed by atoms with Crippen LogP contribution in [0.2, 0.25) is 0 Å². The van der Waals surface area contributed by atoms with E-state index in [9.17, 15) is 0 Å². The number of aromatic nitrogens is 2. The first-order valence-electron chi connectivity index (χ1n) is 19.2. The van der Waals surface area contributed by atoms with E-state index < -0.39 is 0 Å². The lowest BCUT2D eigenvalue weighted by atomic mass is 9.79. The van der Waals surface area contributed by atoms with Gasteiger partial charge in [0.2, 0.25) is 0 Å². The highest BCUT2D eigenvalue weighted by atomic mass is 16.3. The third kappa shape index (κ3) is 4.69. The molecule has 0 bridgehead atoms. The molecule has 9 aromatic rings. The molecule has 0 aliphatic heterocycles. The topological polar surface area (TPSA) is 38.9 Å². The van der Waals surface area contributed by atoms with Crippen LogP contribution in [0.3, 0.4) is 0 Å². The average Bonchev–Trinajstić information content (AvgIpc) is 3.79. The van der Waals surface area contributed by atoms with Gasteiger partial charge in [0.15, 0.2) is 11.4 Å². The van der Waals surface area contributed by atoms with Gasteiger partial charge in [0.25, 0.3) is 0 Å². The molecule has 2 aromatic heterocycles. The third-order valence-electron chi connectivity index (χ3n) is 12.3. The summed E-state index contributed by atoms with van der Waals surface area (Å²) in [7, 11) is 0. The number of benzene rings is 7. The van der Waals surface area contributed by atoms with E-state index in [2.05, 4.69) is 149 Å². The van der Waals surface area contributed by atoms with Crippen LogP contribution in [-0.2, 0) is 10.8 Å². The molecule has 0 saturated carbocycles. The maximum absolute atomic E-state index is 6.43. The van der Waals surface area contributed by atoms with E-state index in [1.165, 1.54) is 55.6 Å². The second-order valence-corrected chi connectivity index (χ2v) is 16.2. The number of fused-ring (bicyclic) bond motifs is 9. The molecular formula is C52H38N2O. The predicted octanol–water partition coefficient (Wildman–Crippen LogP) is 13.7. The van der Waals surface area contributed by atoms with Crippen LogP contribution in [0.4, 0.5) is 0 Å². The smallest absolute Gasteiger partial charge is 0.180 e. The van der Waals surface area contributed by atoms with Crippen LogP contribution in [-0.4, -0.2) is 9.97 Å². The number of hydrogen-bond acceptors (Lipinski definition) is 3. The molecular weight excluding hydrogens is 669 g/mol. The van der Waals surface area contributed by atoms with E-state index in [1.54, 1.807) is 0 Å². The number of rotatable bonds is 4. The van der Waals surface area contributed by atoms with Crippen molar-refractivity contribution in [3.8, 4) is 67.2 Å². The number of furan rings is 1. The van der Waals surface area contributed by atoms with Gasteiger partial charge in [-0.15, -0.1) is 0 Å². The first kappa shape index (κ1) is 31.9. The quantitative estimate of drug-likeness (QED) is 0.183. The van der Waals surface area contributed by atoms with Gasteiger partial charge in [0.05, 0.1) is 0 Å². The van der Waals surface area contributed by atoms with Gasteiger partial charge in [0.1, 0.15) is 16.8 Å². The van der Waals surface area contributed by atoms with Crippen molar-refractivity contribution < 1.29 is 4.42 Å². The molecule has 0 atom stereocenters. The maximum Gasteiger partial charge on any atom is 0.180 e. The zero-order valence-electron chi connectivity index (χ0n) is 31.3. The van der Waals surface area contributed by atoms with Crippen molar-refractivity contribution in [3.63, 3.8) is 0 Å². The molecule has 11 rings (SSSR count). The Morgan fingerprint density at radius 1 is 0.400 bits per heavy atom. The summed E-state index contributed by atoms with van der Waals surface area (Å²) in [4.78, 5) is 10.1. The largest absolute Gasteiger partial charge is 0.452 e. The summed E-state index contributed by atoms with van der Waals surface area (Å²) in [6.45, 7) is 9.49. The van der Waals surface area contributed by atoms with Crippen LogP contribution in [0, 0.1) is 0 Å². The molecule has 3 nitrogen and oxygen atoms in total.